The molecule has 0 heterocycles. The van der Waals surface area contributed by atoms with Crippen molar-refractivity contribution in [2.24, 2.45) is 5.73 Å². The summed E-state index contributed by atoms with van der Waals surface area (Å²) in [5.74, 6) is -0.115. The molecule has 7 heteroatoms. The summed E-state index contributed by atoms with van der Waals surface area (Å²) >= 11 is 8.38. The van der Waals surface area contributed by atoms with Crippen molar-refractivity contribution in [3.8, 4) is 0 Å². The fourth-order valence-electron chi connectivity index (χ4n) is 1.58. The van der Waals surface area contributed by atoms with Crippen molar-refractivity contribution in [2.45, 2.75) is 13.0 Å². The summed E-state index contributed by atoms with van der Waals surface area (Å²) in [6, 6.07) is 5.09. The van der Waals surface area contributed by atoms with Gasteiger partial charge in [-0.1, -0.05) is 28.1 Å². The lowest BCUT2D eigenvalue weighted by molar-refractivity contribution is -0.121. The molecule has 1 unspecified atom stereocenters. The highest BCUT2D eigenvalue weighted by molar-refractivity contribution is 9.10. The summed E-state index contributed by atoms with van der Waals surface area (Å²) in [7, 11) is 1.59. The normalized spacial score (nSPS) is 11.8. The van der Waals surface area contributed by atoms with E-state index in [9.17, 15) is 4.79 Å². The van der Waals surface area contributed by atoms with Crippen molar-refractivity contribution < 1.29 is 9.53 Å². The van der Waals surface area contributed by atoms with Gasteiger partial charge in [0, 0.05) is 29.4 Å². The Hall–Kier alpha value is -1.18. The standard InChI is InChI=1S/C13H18BrN3O2S/c1-8(13(18)16-5-6-19-2)17-11-7-9(14)3-4-10(11)12(15)20/h3-4,7-8,17H,5-6H2,1-2H3,(H2,15,20)(H,16,18). The average Bonchev–Trinajstić information content (AvgIpc) is 2.38. The van der Waals surface area contributed by atoms with Crippen LogP contribution in [-0.2, 0) is 9.53 Å². The predicted molar refractivity (Wildman–Crippen MR) is 88.0 cm³/mol. The first kappa shape index (κ1) is 16.9. The number of thiocarbonyl (C=S) groups is 1. The highest BCUT2D eigenvalue weighted by Crippen LogP contribution is 2.22. The molecule has 1 rings (SSSR count). The zero-order chi connectivity index (χ0) is 15.1. The van der Waals surface area contributed by atoms with Gasteiger partial charge in [-0.3, -0.25) is 4.79 Å². The first-order chi connectivity index (χ1) is 9.45. The second-order valence-corrected chi connectivity index (χ2v) is 5.56. The number of ether oxygens (including phenoxy) is 1. The molecule has 0 aliphatic carbocycles. The summed E-state index contributed by atoms with van der Waals surface area (Å²) in [4.78, 5) is 12.2. The van der Waals surface area contributed by atoms with Crippen LogP contribution in [0, 0.1) is 0 Å². The van der Waals surface area contributed by atoms with Gasteiger partial charge in [0.2, 0.25) is 5.91 Å². The van der Waals surface area contributed by atoms with Gasteiger partial charge in [0.1, 0.15) is 11.0 Å². The number of hydrogen-bond donors (Lipinski definition) is 3. The highest BCUT2D eigenvalue weighted by atomic mass is 79.9. The first-order valence-electron chi connectivity index (χ1n) is 6.08. The number of benzene rings is 1. The summed E-state index contributed by atoms with van der Waals surface area (Å²) < 4.78 is 5.76. The minimum Gasteiger partial charge on any atom is -0.389 e. The molecule has 0 fully saturated rings. The number of hydrogen-bond acceptors (Lipinski definition) is 4. The fourth-order valence-corrected chi connectivity index (χ4v) is 2.12. The number of carbonyl (C=O) groups is 1. The Labute approximate surface area is 132 Å². The van der Waals surface area contributed by atoms with E-state index in [4.69, 9.17) is 22.7 Å². The zero-order valence-corrected chi connectivity index (χ0v) is 13.8. The van der Waals surface area contributed by atoms with Crippen molar-refractivity contribution >= 4 is 44.7 Å². The Balaban J connectivity index is 2.74. The van der Waals surface area contributed by atoms with E-state index in [1.54, 1.807) is 14.0 Å². The number of anilines is 1. The summed E-state index contributed by atoms with van der Waals surface area (Å²) in [6.45, 7) is 2.72. The lowest BCUT2D eigenvalue weighted by Gasteiger charge is -2.17. The molecule has 110 valence electrons. The van der Waals surface area contributed by atoms with Crippen molar-refractivity contribution in [2.75, 3.05) is 25.6 Å². The van der Waals surface area contributed by atoms with Crippen LogP contribution < -0.4 is 16.4 Å². The molecule has 1 aromatic carbocycles. The van der Waals surface area contributed by atoms with Crippen molar-refractivity contribution in [3.05, 3.63) is 28.2 Å². The molecule has 0 aromatic heterocycles. The Bertz CT molecular complexity index is 497. The lowest BCUT2D eigenvalue weighted by Crippen LogP contribution is -2.39. The number of nitrogens with one attached hydrogen (secondary N) is 2. The maximum absolute atomic E-state index is 11.9. The molecule has 0 spiro atoms. The van der Waals surface area contributed by atoms with Crippen LogP contribution in [0.1, 0.15) is 12.5 Å². The van der Waals surface area contributed by atoms with E-state index in [-0.39, 0.29) is 10.9 Å². The number of carbonyl (C=O) groups excluding carboxylic acids is 1. The van der Waals surface area contributed by atoms with Gasteiger partial charge in [-0.2, -0.15) is 0 Å². The van der Waals surface area contributed by atoms with Gasteiger partial charge in [0.05, 0.1) is 6.61 Å². The van der Waals surface area contributed by atoms with E-state index in [2.05, 4.69) is 26.6 Å². The monoisotopic (exact) mass is 359 g/mol. The van der Waals surface area contributed by atoms with Crippen LogP contribution in [0.2, 0.25) is 0 Å². The van der Waals surface area contributed by atoms with E-state index in [1.807, 2.05) is 18.2 Å². The minimum absolute atomic E-state index is 0.115. The molecule has 0 saturated heterocycles. The summed E-state index contributed by atoms with van der Waals surface area (Å²) in [5, 5.41) is 5.87. The fraction of sp³-hybridized carbons (Fsp3) is 0.385. The number of amides is 1. The quantitative estimate of drug-likeness (QED) is 0.509. The number of nitrogens with two attached hydrogens (primary N) is 1. The topological polar surface area (TPSA) is 76.4 Å². The second-order valence-electron chi connectivity index (χ2n) is 4.20. The molecule has 20 heavy (non-hydrogen) atoms. The number of halogens is 1. The minimum atomic E-state index is -0.408. The number of methoxy groups -OCH3 is 1. The van der Waals surface area contributed by atoms with E-state index in [1.165, 1.54) is 0 Å². The zero-order valence-electron chi connectivity index (χ0n) is 11.4. The second kappa shape index (κ2) is 8.18. The molecule has 1 atom stereocenters. The van der Waals surface area contributed by atoms with Crippen LogP contribution in [0.15, 0.2) is 22.7 Å². The van der Waals surface area contributed by atoms with Crippen LogP contribution in [0.4, 0.5) is 5.69 Å². The molecule has 0 saturated carbocycles. The largest absolute Gasteiger partial charge is 0.389 e. The maximum atomic E-state index is 11.9. The van der Waals surface area contributed by atoms with E-state index in [0.29, 0.717) is 18.7 Å². The Morgan fingerprint density at radius 3 is 2.85 bits per heavy atom. The van der Waals surface area contributed by atoms with Crippen molar-refractivity contribution in [3.63, 3.8) is 0 Å². The number of rotatable bonds is 7. The molecule has 0 aliphatic rings. The lowest BCUT2D eigenvalue weighted by atomic mass is 10.1. The van der Waals surface area contributed by atoms with Gasteiger partial charge < -0.3 is 21.1 Å². The van der Waals surface area contributed by atoms with E-state index < -0.39 is 6.04 Å². The van der Waals surface area contributed by atoms with Crippen LogP contribution >= 0.6 is 28.1 Å². The predicted octanol–water partition coefficient (Wildman–Crippen LogP) is 1.65. The SMILES string of the molecule is COCCNC(=O)C(C)Nc1cc(Br)ccc1C(N)=S. The summed E-state index contributed by atoms with van der Waals surface area (Å²) in [5.41, 5.74) is 7.11. The molecular formula is C13H18BrN3O2S. The molecule has 0 aliphatic heterocycles. The first-order valence-corrected chi connectivity index (χ1v) is 7.28. The molecule has 1 amide bonds. The van der Waals surface area contributed by atoms with Crippen LogP contribution in [0.5, 0.6) is 0 Å². The third kappa shape index (κ3) is 5.07. The Kier molecular flexibility index (Phi) is 6.90. The third-order valence-electron chi connectivity index (χ3n) is 2.62. The molecular weight excluding hydrogens is 342 g/mol. The third-order valence-corrected chi connectivity index (χ3v) is 3.33. The Morgan fingerprint density at radius 2 is 2.25 bits per heavy atom. The van der Waals surface area contributed by atoms with Gasteiger partial charge >= 0.3 is 0 Å². The van der Waals surface area contributed by atoms with Crippen LogP contribution in [-0.4, -0.2) is 37.2 Å². The van der Waals surface area contributed by atoms with Crippen LogP contribution in [0.25, 0.3) is 0 Å². The Morgan fingerprint density at radius 1 is 1.55 bits per heavy atom. The van der Waals surface area contributed by atoms with Gasteiger partial charge in [-0.25, -0.2) is 0 Å². The molecule has 0 bridgehead atoms. The molecule has 4 N–H and O–H groups in total. The van der Waals surface area contributed by atoms with Crippen molar-refractivity contribution in [1.29, 1.82) is 0 Å². The molecule has 0 radical (unpaired) electrons. The van der Waals surface area contributed by atoms with Gasteiger partial charge in [-0.05, 0) is 25.1 Å². The average molecular weight is 360 g/mol. The highest BCUT2D eigenvalue weighted by Gasteiger charge is 2.14. The maximum Gasteiger partial charge on any atom is 0.242 e. The van der Waals surface area contributed by atoms with Gasteiger partial charge in [0.25, 0.3) is 0 Å². The van der Waals surface area contributed by atoms with Gasteiger partial charge in [-0.15, -0.1) is 0 Å². The van der Waals surface area contributed by atoms with Crippen molar-refractivity contribution in [1.82, 2.24) is 5.32 Å². The van der Waals surface area contributed by atoms with Gasteiger partial charge in [0.15, 0.2) is 0 Å². The smallest absolute Gasteiger partial charge is 0.242 e. The summed E-state index contributed by atoms with van der Waals surface area (Å²) in [6.07, 6.45) is 0. The molecule has 5 nitrogen and oxygen atoms in total. The molecule has 1 aromatic rings. The van der Waals surface area contributed by atoms with Crippen LogP contribution in [0.3, 0.4) is 0 Å². The van der Waals surface area contributed by atoms with E-state index in [0.717, 1.165) is 10.2 Å². The van der Waals surface area contributed by atoms with E-state index >= 15 is 0 Å².